The van der Waals surface area contributed by atoms with Crippen molar-refractivity contribution >= 4 is 0 Å². The summed E-state index contributed by atoms with van der Waals surface area (Å²) in [6.45, 7) is 9.00. The zero-order chi connectivity index (χ0) is 10.4. The fourth-order valence-corrected chi connectivity index (χ4v) is 1.79. The lowest BCUT2D eigenvalue weighted by Crippen LogP contribution is -2.32. The quantitative estimate of drug-likeness (QED) is 0.646. The molecule has 1 heterocycles. The standard InChI is InChI=1S/C12H22O2/c1-4-12(5-7-13-8-6-12)10-14-9-11(2)3/h9H,4-8,10H2,1-3H3. The van der Waals surface area contributed by atoms with E-state index in [4.69, 9.17) is 9.47 Å². The maximum Gasteiger partial charge on any atom is 0.0931 e. The minimum atomic E-state index is 0.365. The smallest absolute Gasteiger partial charge is 0.0931 e. The molecule has 0 atom stereocenters. The van der Waals surface area contributed by atoms with Crippen molar-refractivity contribution in [3.05, 3.63) is 11.8 Å². The molecule has 0 spiro atoms. The average molecular weight is 198 g/mol. The fraction of sp³-hybridized carbons (Fsp3) is 0.833. The molecule has 0 aromatic carbocycles. The molecular weight excluding hydrogens is 176 g/mol. The molecule has 0 bridgehead atoms. The molecule has 1 rings (SSSR count). The topological polar surface area (TPSA) is 18.5 Å². The monoisotopic (exact) mass is 198 g/mol. The van der Waals surface area contributed by atoms with E-state index in [1.54, 1.807) is 0 Å². The van der Waals surface area contributed by atoms with E-state index < -0.39 is 0 Å². The first-order chi connectivity index (χ1) is 6.68. The van der Waals surface area contributed by atoms with E-state index in [2.05, 4.69) is 20.8 Å². The minimum absolute atomic E-state index is 0.365. The van der Waals surface area contributed by atoms with Crippen LogP contribution in [0.3, 0.4) is 0 Å². The first-order valence-electron chi connectivity index (χ1n) is 5.51. The molecule has 0 aromatic heterocycles. The molecule has 0 amide bonds. The molecule has 1 aliphatic heterocycles. The van der Waals surface area contributed by atoms with Gasteiger partial charge in [0.1, 0.15) is 0 Å². The number of ether oxygens (including phenoxy) is 2. The maximum absolute atomic E-state index is 5.61. The van der Waals surface area contributed by atoms with Crippen LogP contribution in [-0.4, -0.2) is 19.8 Å². The van der Waals surface area contributed by atoms with Gasteiger partial charge >= 0.3 is 0 Å². The predicted octanol–water partition coefficient (Wildman–Crippen LogP) is 3.13. The van der Waals surface area contributed by atoms with E-state index in [0.29, 0.717) is 5.41 Å². The third kappa shape index (κ3) is 3.33. The van der Waals surface area contributed by atoms with Crippen molar-refractivity contribution in [1.82, 2.24) is 0 Å². The van der Waals surface area contributed by atoms with Gasteiger partial charge in [-0.05, 0) is 38.7 Å². The van der Waals surface area contributed by atoms with E-state index in [9.17, 15) is 0 Å². The van der Waals surface area contributed by atoms with Gasteiger partial charge in [-0.1, -0.05) is 6.92 Å². The Morgan fingerprint density at radius 1 is 1.36 bits per heavy atom. The molecule has 0 saturated carbocycles. The Bertz CT molecular complexity index is 186. The highest BCUT2D eigenvalue weighted by atomic mass is 16.5. The lowest BCUT2D eigenvalue weighted by atomic mass is 9.79. The molecule has 14 heavy (non-hydrogen) atoms. The summed E-state index contributed by atoms with van der Waals surface area (Å²) in [5.74, 6) is 0. The summed E-state index contributed by atoms with van der Waals surface area (Å²) >= 11 is 0. The van der Waals surface area contributed by atoms with Gasteiger partial charge in [-0.25, -0.2) is 0 Å². The molecule has 0 N–H and O–H groups in total. The van der Waals surface area contributed by atoms with Crippen LogP contribution in [0.4, 0.5) is 0 Å². The lowest BCUT2D eigenvalue weighted by Gasteiger charge is -2.35. The average Bonchev–Trinajstić information content (AvgIpc) is 2.19. The van der Waals surface area contributed by atoms with Crippen molar-refractivity contribution in [1.29, 1.82) is 0 Å². The van der Waals surface area contributed by atoms with Gasteiger partial charge in [0, 0.05) is 18.6 Å². The van der Waals surface area contributed by atoms with Crippen LogP contribution in [0.2, 0.25) is 0 Å². The van der Waals surface area contributed by atoms with Gasteiger partial charge < -0.3 is 9.47 Å². The molecule has 0 radical (unpaired) electrons. The third-order valence-electron chi connectivity index (χ3n) is 3.01. The molecule has 2 nitrogen and oxygen atoms in total. The predicted molar refractivity (Wildman–Crippen MR) is 58.2 cm³/mol. The van der Waals surface area contributed by atoms with Crippen LogP contribution in [0, 0.1) is 5.41 Å². The van der Waals surface area contributed by atoms with Gasteiger partial charge in [0.2, 0.25) is 0 Å². The van der Waals surface area contributed by atoms with Gasteiger partial charge in [0.15, 0.2) is 0 Å². The zero-order valence-electron chi connectivity index (χ0n) is 9.64. The molecule has 82 valence electrons. The first-order valence-corrected chi connectivity index (χ1v) is 5.51. The van der Waals surface area contributed by atoms with Crippen LogP contribution >= 0.6 is 0 Å². The molecule has 1 aliphatic rings. The molecular formula is C12H22O2. The molecule has 0 aromatic rings. The summed E-state index contributed by atoms with van der Waals surface area (Å²) in [7, 11) is 0. The number of allylic oxidation sites excluding steroid dienone is 1. The SMILES string of the molecule is CCC1(COC=C(C)C)CCOCC1. The van der Waals surface area contributed by atoms with Crippen LogP contribution in [0.15, 0.2) is 11.8 Å². The summed E-state index contributed by atoms with van der Waals surface area (Å²) in [5, 5.41) is 0. The fourth-order valence-electron chi connectivity index (χ4n) is 1.79. The number of rotatable bonds is 4. The Balaban J connectivity index is 2.40. The van der Waals surface area contributed by atoms with Crippen LogP contribution in [0.1, 0.15) is 40.0 Å². The van der Waals surface area contributed by atoms with Gasteiger partial charge in [0.25, 0.3) is 0 Å². The Kier molecular flexibility index (Phi) is 4.46. The van der Waals surface area contributed by atoms with Crippen LogP contribution < -0.4 is 0 Å². The Morgan fingerprint density at radius 2 is 2.00 bits per heavy atom. The summed E-state index contributed by atoms with van der Waals surface area (Å²) < 4.78 is 11.0. The van der Waals surface area contributed by atoms with Crippen molar-refractivity contribution in [2.75, 3.05) is 19.8 Å². The van der Waals surface area contributed by atoms with E-state index in [0.717, 1.165) is 32.7 Å². The summed E-state index contributed by atoms with van der Waals surface area (Å²) in [6.07, 6.45) is 5.33. The molecule has 1 fully saturated rings. The van der Waals surface area contributed by atoms with Gasteiger partial charge in [-0.2, -0.15) is 0 Å². The zero-order valence-corrected chi connectivity index (χ0v) is 9.64. The van der Waals surface area contributed by atoms with Crippen molar-refractivity contribution in [2.24, 2.45) is 5.41 Å². The van der Waals surface area contributed by atoms with Crippen molar-refractivity contribution < 1.29 is 9.47 Å². The van der Waals surface area contributed by atoms with Gasteiger partial charge in [-0.3, -0.25) is 0 Å². The van der Waals surface area contributed by atoms with Gasteiger partial charge in [0.05, 0.1) is 12.9 Å². The Labute approximate surface area is 87.3 Å². The maximum atomic E-state index is 5.61. The number of hydrogen-bond donors (Lipinski definition) is 0. The van der Waals surface area contributed by atoms with Crippen LogP contribution in [0.25, 0.3) is 0 Å². The van der Waals surface area contributed by atoms with E-state index in [1.807, 2.05) is 6.26 Å². The molecule has 2 heteroatoms. The lowest BCUT2D eigenvalue weighted by molar-refractivity contribution is -0.0218. The molecule has 0 aliphatic carbocycles. The van der Waals surface area contributed by atoms with Crippen molar-refractivity contribution in [3.63, 3.8) is 0 Å². The van der Waals surface area contributed by atoms with E-state index in [1.165, 1.54) is 12.0 Å². The summed E-state index contributed by atoms with van der Waals surface area (Å²) in [6, 6.07) is 0. The summed E-state index contributed by atoms with van der Waals surface area (Å²) in [5.41, 5.74) is 1.59. The van der Waals surface area contributed by atoms with Crippen LogP contribution in [-0.2, 0) is 9.47 Å². The second kappa shape index (κ2) is 5.40. The number of hydrogen-bond acceptors (Lipinski definition) is 2. The van der Waals surface area contributed by atoms with Crippen LogP contribution in [0.5, 0.6) is 0 Å². The van der Waals surface area contributed by atoms with E-state index in [-0.39, 0.29) is 0 Å². The highest BCUT2D eigenvalue weighted by Crippen LogP contribution is 2.34. The molecule has 0 unspecified atom stereocenters. The minimum Gasteiger partial charge on any atom is -0.501 e. The molecule has 1 saturated heterocycles. The first kappa shape index (κ1) is 11.6. The highest BCUT2D eigenvalue weighted by molar-refractivity contribution is 4.88. The van der Waals surface area contributed by atoms with E-state index >= 15 is 0 Å². The highest BCUT2D eigenvalue weighted by Gasteiger charge is 2.31. The second-order valence-corrected chi connectivity index (χ2v) is 4.47. The van der Waals surface area contributed by atoms with Gasteiger partial charge in [-0.15, -0.1) is 0 Å². The van der Waals surface area contributed by atoms with Crippen molar-refractivity contribution in [3.8, 4) is 0 Å². The largest absolute Gasteiger partial charge is 0.501 e. The summed E-state index contributed by atoms with van der Waals surface area (Å²) in [4.78, 5) is 0. The third-order valence-corrected chi connectivity index (χ3v) is 3.01. The Morgan fingerprint density at radius 3 is 2.50 bits per heavy atom. The van der Waals surface area contributed by atoms with Crippen molar-refractivity contribution in [2.45, 2.75) is 40.0 Å². The normalized spacial score (nSPS) is 20.2. The Hall–Kier alpha value is -0.500. The second-order valence-electron chi connectivity index (χ2n) is 4.47.